The molecule has 2 N–H and O–H groups in total. The number of carbonyl (C=O) groups excluding carboxylic acids is 3. The molecule has 7 nitrogen and oxygen atoms in total. The van der Waals surface area contributed by atoms with Crippen molar-refractivity contribution in [3.8, 4) is 11.8 Å². The van der Waals surface area contributed by atoms with E-state index in [0.717, 1.165) is 30.4 Å². The van der Waals surface area contributed by atoms with Crippen LogP contribution in [0, 0.1) is 17.3 Å². The lowest BCUT2D eigenvalue weighted by atomic mass is 9.76. The molecule has 0 aromatic heterocycles. The van der Waals surface area contributed by atoms with Crippen molar-refractivity contribution in [2.45, 2.75) is 31.8 Å². The SMILES string of the molecule is O=C1Cc2cccc(C(=O)NCC3CC4(CCN(C(=O)C#Cc5ccccc5)CC4)CO3)c2N1. The molecule has 0 bridgehead atoms. The van der Waals surface area contributed by atoms with Crippen LogP contribution in [0.3, 0.4) is 0 Å². The van der Waals surface area contributed by atoms with Gasteiger partial charge in [0.25, 0.3) is 11.8 Å². The van der Waals surface area contributed by atoms with E-state index in [1.54, 1.807) is 12.1 Å². The standard InChI is InChI=1S/C27H27N3O4/c31-23-15-20-7-4-8-22(25(20)29-23)26(33)28-17-21-16-27(18-34-21)11-13-30(14-12-27)24(32)10-9-19-5-2-1-3-6-19/h1-8,21H,11-18H2,(H,28,33)(H,29,31). The number of rotatable bonds is 3. The van der Waals surface area contributed by atoms with E-state index in [-0.39, 0.29) is 29.2 Å². The lowest BCUT2D eigenvalue weighted by Gasteiger charge is -2.37. The molecule has 3 amide bonds. The van der Waals surface area contributed by atoms with Gasteiger partial charge in [0.2, 0.25) is 5.91 Å². The molecular formula is C27H27N3O4. The smallest absolute Gasteiger partial charge is 0.298 e. The Morgan fingerprint density at radius 1 is 1.12 bits per heavy atom. The first-order chi connectivity index (χ1) is 16.5. The van der Waals surface area contributed by atoms with Gasteiger partial charge in [-0.2, -0.15) is 0 Å². The highest BCUT2D eigenvalue weighted by atomic mass is 16.5. The van der Waals surface area contributed by atoms with E-state index in [2.05, 4.69) is 22.5 Å². The highest BCUT2D eigenvalue weighted by Crippen LogP contribution is 2.41. The van der Waals surface area contributed by atoms with E-state index in [9.17, 15) is 14.4 Å². The minimum Gasteiger partial charge on any atom is -0.376 e. The molecule has 0 radical (unpaired) electrons. The van der Waals surface area contributed by atoms with Crippen LogP contribution in [0.25, 0.3) is 0 Å². The zero-order valence-corrected chi connectivity index (χ0v) is 18.9. The van der Waals surface area contributed by atoms with Crippen molar-refractivity contribution in [2.24, 2.45) is 5.41 Å². The van der Waals surface area contributed by atoms with E-state index < -0.39 is 0 Å². The molecule has 5 rings (SSSR count). The summed E-state index contributed by atoms with van der Waals surface area (Å²) in [6, 6.07) is 14.9. The molecule has 7 heteroatoms. The maximum absolute atomic E-state index is 12.7. The van der Waals surface area contributed by atoms with Crippen LogP contribution < -0.4 is 10.6 Å². The zero-order valence-electron chi connectivity index (χ0n) is 18.9. The van der Waals surface area contributed by atoms with Crippen molar-refractivity contribution in [1.29, 1.82) is 0 Å². The summed E-state index contributed by atoms with van der Waals surface area (Å²) in [6.45, 7) is 2.40. The third-order valence-electron chi connectivity index (χ3n) is 6.99. The summed E-state index contributed by atoms with van der Waals surface area (Å²) in [7, 11) is 0. The number of anilines is 1. The number of benzene rings is 2. The van der Waals surface area contributed by atoms with Gasteiger partial charge in [-0.05, 0) is 48.4 Å². The van der Waals surface area contributed by atoms with Gasteiger partial charge in [0.1, 0.15) is 0 Å². The number of likely N-dealkylation sites (tertiary alicyclic amines) is 1. The van der Waals surface area contributed by atoms with Crippen LogP contribution in [0.2, 0.25) is 0 Å². The molecule has 2 fully saturated rings. The van der Waals surface area contributed by atoms with E-state index in [1.807, 2.05) is 41.3 Å². The number of nitrogens with zero attached hydrogens (tertiary/aromatic N) is 1. The Morgan fingerprint density at radius 2 is 1.91 bits per heavy atom. The summed E-state index contributed by atoms with van der Waals surface area (Å²) in [6.07, 6.45) is 2.84. The lowest BCUT2D eigenvalue weighted by Crippen LogP contribution is -2.43. The number of ether oxygens (including phenoxy) is 1. The number of amides is 3. The first-order valence-electron chi connectivity index (χ1n) is 11.7. The minimum absolute atomic E-state index is 0.0427. The fourth-order valence-corrected chi connectivity index (χ4v) is 5.03. The lowest BCUT2D eigenvalue weighted by molar-refractivity contribution is -0.127. The summed E-state index contributed by atoms with van der Waals surface area (Å²) >= 11 is 0. The average Bonchev–Trinajstić information content (AvgIpc) is 3.44. The number of nitrogens with one attached hydrogen (secondary N) is 2. The van der Waals surface area contributed by atoms with E-state index in [1.165, 1.54) is 0 Å². The molecule has 2 saturated heterocycles. The Labute approximate surface area is 198 Å². The molecule has 1 atom stereocenters. The van der Waals surface area contributed by atoms with Crippen LogP contribution in [-0.2, 0) is 20.7 Å². The normalized spacial score (nSPS) is 20.3. The van der Waals surface area contributed by atoms with E-state index >= 15 is 0 Å². The van der Waals surface area contributed by atoms with Gasteiger partial charge in [0, 0.05) is 31.1 Å². The summed E-state index contributed by atoms with van der Waals surface area (Å²) in [5.41, 5.74) is 2.83. The molecule has 1 spiro atoms. The maximum Gasteiger partial charge on any atom is 0.298 e. The number of hydrogen-bond acceptors (Lipinski definition) is 4. The van der Waals surface area contributed by atoms with Crippen molar-refractivity contribution >= 4 is 23.4 Å². The van der Waals surface area contributed by atoms with Crippen LogP contribution in [0.1, 0.15) is 40.7 Å². The van der Waals surface area contributed by atoms with Gasteiger partial charge < -0.3 is 20.3 Å². The van der Waals surface area contributed by atoms with Gasteiger partial charge in [-0.1, -0.05) is 36.3 Å². The van der Waals surface area contributed by atoms with Crippen LogP contribution >= 0.6 is 0 Å². The van der Waals surface area contributed by atoms with Gasteiger partial charge in [-0.3, -0.25) is 14.4 Å². The monoisotopic (exact) mass is 457 g/mol. The molecular weight excluding hydrogens is 430 g/mol. The van der Waals surface area contributed by atoms with Gasteiger partial charge >= 0.3 is 0 Å². The average molecular weight is 458 g/mol. The van der Waals surface area contributed by atoms with E-state index in [0.29, 0.717) is 43.9 Å². The fourth-order valence-electron chi connectivity index (χ4n) is 5.03. The van der Waals surface area contributed by atoms with Crippen molar-refractivity contribution < 1.29 is 19.1 Å². The summed E-state index contributed by atoms with van der Waals surface area (Å²) < 4.78 is 6.03. The predicted molar refractivity (Wildman–Crippen MR) is 127 cm³/mol. The van der Waals surface area contributed by atoms with Crippen LogP contribution in [0.4, 0.5) is 5.69 Å². The van der Waals surface area contributed by atoms with Crippen molar-refractivity contribution in [2.75, 3.05) is 31.6 Å². The van der Waals surface area contributed by atoms with Crippen LogP contribution in [0.15, 0.2) is 48.5 Å². The second-order valence-corrected chi connectivity index (χ2v) is 9.32. The third-order valence-corrected chi connectivity index (χ3v) is 6.99. The largest absolute Gasteiger partial charge is 0.376 e. The van der Waals surface area contributed by atoms with Crippen LogP contribution in [0.5, 0.6) is 0 Å². The Bertz CT molecular complexity index is 1170. The molecule has 34 heavy (non-hydrogen) atoms. The third kappa shape index (κ3) is 4.68. The molecule has 3 heterocycles. The number of piperidine rings is 1. The Morgan fingerprint density at radius 3 is 2.71 bits per heavy atom. The molecule has 0 saturated carbocycles. The second-order valence-electron chi connectivity index (χ2n) is 9.32. The first kappa shape index (κ1) is 22.2. The van der Waals surface area contributed by atoms with Gasteiger partial charge in [0.05, 0.1) is 30.4 Å². The van der Waals surface area contributed by atoms with Gasteiger partial charge in [-0.25, -0.2) is 0 Å². The summed E-state index contributed by atoms with van der Waals surface area (Å²) in [5, 5.41) is 5.75. The van der Waals surface area contributed by atoms with Crippen molar-refractivity contribution in [3.05, 3.63) is 65.2 Å². The van der Waals surface area contributed by atoms with Crippen molar-refractivity contribution in [1.82, 2.24) is 10.2 Å². The topological polar surface area (TPSA) is 87.7 Å². The molecule has 3 aliphatic heterocycles. The van der Waals surface area contributed by atoms with E-state index in [4.69, 9.17) is 4.74 Å². The minimum atomic E-state index is -0.207. The summed E-state index contributed by atoms with van der Waals surface area (Å²) in [4.78, 5) is 38.7. The quantitative estimate of drug-likeness (QED) is 0.693. The Kier molecular flexibility index (Phi) is 6.08. The number of fused-ring (bicyclic) bond motifs is 1. The maximum atomic E-state index is 12.7. The molecule has 2 aromatic carbocycles. The fraction of sp³-hybridized carbons (Fsp3) is 0.370. The zero-order chi connectivity index (χ0) is 23.5. The highest BCUT2D eigenvalue weighted by molar-refractivity contribution is 6.08. The molecule has 0 aliphatic carbocycles. The Balaban J connectivity index is 1.11. The Hall–Kier alpha value is -3.63. The van der Waals surface area contributed by atoms with Gasteiger partial charge in [-0.15, -0.1) is 0 Å². The van der Waals surface area contributed by atoms with Gasteiger partial charge in [0.15, 0.2) is 0 Å². The molecule has 1 unspecified atom stereocenters. The highest BCUT2D eigenvalue weighted by Gasteiger charge is 2.43. The van der Waals surface area contributed by atoms with Crippen LogP contribution in [-0.4, -0.2) is 55.0 Å². The number of carbonyl (C=O) groups is 3. The molecule has 174 valence electrons. The predicted octanol–water partition coefficient (Wildman–Crippen LogP) is 2.36. The summed E-state index contributed by atoms with van der Waals surface area (Å²) in [5.74, 6) is 5.26. The second kappa shape index (κ2) is 9.32. The number of hydrogen-bond donors (Lipinski definition) is 2. The van der Waals surface area contributed by atoms with Crippen molar-refractivity contribution in [3.63, 3.8) is 0 Å². The molecule has 3 aliphatic rings. The molecule has 2 aromatic rings. The first-order valence-corrected chi connectivity index (χ1v) is 11.7. The number of para-hydroxylation sites is 1.